The molecule has 0 spiro atoms. The summed E-state index contributed by atoms with van der Waals surface area (Å²) in [6.07, 6.45) is 4.48. The maximum atomic E-state index is 11.6. The number of rotatable bonds is 5. The number of aromatic hydroxyl groups is 1. The third kappa shape index (κ3) is 5.16. The molecular formula is C17H15ClN2O3. The number of methoxy groups -OCH3 is 1. The minimum absolute atomic E-state index is 0.0413. The van der Waals surface area contributed by atoms with Crippen LogP contribution in [0, 0.1) is 0 Å². The summed E-state index contributed by atoms with van der Waals surface area (Å²) < 4.78 is 4.99. The normalized spacial score (nSPS) is 11.0. The Bertz CT molecular complexity index is 740. The molecule has 5 nitrogen and oxygen atoms in total. The van der Waals surface area contributed by atoms with Gasteiger partial charge in [0.05, 0.1) is 13.3 Å². The van der Waals surface area contributed by atoms with Crippen molar-refractivity contribution < 1.29 is 14.6 Å². The Morgan fingerprint density at radius 3 is 2.61 bits per heavy atom. The average molecular weight is 331 g/mol. The maximum absolute atomic E-state index is 11.6. The van der Waals surface area contributed by atoms with Crippen LogP contribution in [0.2, 0.25) is 5.02 Å². The van der Waals surface area contributed by atoms with E-state index in [-0.39, 0.29) is 11.7 Å². The van der Waals surface area contributed by atoms with E-state index in [1.165, 1.54) is 25.5 Å². The van der Waals surface area contributed by atoms with E-state index in [1.54, 1.807) is 42.5 Å². The number of benzene rings is 2. The van der Waals surface area contributed by atoms with Crippen LogP contribution in [0.5, 0.6) is 11.5 Å². The third-order valence-electron chi connectivity index (χ3n) is 2.89. The summed E-state index contributed by atoms with van der Waals surface area (Å²) in [5.74, 6) is 0.0180. The van der Waals surface area contributed by atoms with Crippen molar-refractivity contribution in [2.45, 2.75) is 0 Å². The predicted molar refractivity (Wildman–Crippen MR) is 90.9 cm³/mol. The number of phenolic OH excluding ortho intramolecular Hbond substituents is 1. The van der Waals surface area contributed by atoms with Gasteiger partial charge in [-0.15, -0.1) is 0 Å². The summed E-state index contributed by atoms with van der Waals surface area (Å²) in [7, 11) is 1.46. The number of hydrogen-bond acceptors (Lipinski definition) is 4. The van der Waals surface area contributed by atoms with Crippen LogP contribution in [-0.2, 0) is 4.79 Å². The van der Waals surface area contributed by atoms with Gasteiger partial charge in [-0.25, -0.2) is 5.43 Å². The fourth-order valence-electron chi connectivity index (χ4n) is 1.73. The summed E-state index contributed by atoms with van der Waals surface area (Å²) in [5, 5.41) is 14.0. The van der Waals surface area contributed by atoms with E-state index in [0.29, 0.717) is 16.3 Å². The van der Waals surface area contributed by atoms with Crippen LogP contribution < -0.4 is 10.2 Å². The molecular weight excluding hydrogens is 316 g/mol. The molecule has 0 aromatic heterocycles. The van der Waals surface area contributed by atoms with Gasteiger partial charge in [0, 0.05) is 11.1 Å². The zero-order chi connectivity index (χ0) is 16.7. The average Bonchev–Trinajstić information content (AvgIpc) is 2.56. The van der Waals surface area contributed by atoms with Crippen LogP contribution >= 0.6 is 11.6 Å². The van der Waals surface area contributed by atoms with E-state index in [9.17, 15) is 9.90 Å². The summed E-state index contributed by atoms with van der Waals surface area (Å²) in [4.78, 5) is 11.6. The molecule has 0 fully saturated rings. The van der Waals surface area contributed by atoms with Crippen LogP contribution in [0.4, 0.5) is 0 Å². The SMILES string of the molecule is COc1cc(/C=N/NC(=O)/C=C/c2ccc(Cl)cc2)ccc1O. The first kappa shape index (κ1) is 16.6. The highest BCUT2D eigenvalue weighted by Crippen LogP contribution is 2.25. The number of hydrazone groups is 1. The molecule has 6 heteroatoms. The van der Waals surface area contributed by atoms with Crippen molar-refractivity contribution in [1.29, 1.82) is 0 Å². The number of carbonyl (C=O) groups excluding carboxylic acids is 1. The summed E-state index contributed by atoms with van der Waals surface area (Å²) >= 11 is 5.79. The zero-order valence-corrected chi connectivity index (χ0v) is 13.1. The van der Waals surface area contributed by atoms with Gasteiger partial charge in [-0.3, -0.25) is 4.79 Å². The van der Waals surface area contributed by atoms with Gasteiger partial charge in [-0.1, -0.05) is 23.7 Å². The molecule has 1 amide bonds. The fraction of sp³-hybridized carbons (Fsp3) is 0.0588. The highest BCUT2D eigenvalue weighted by molar-refractivity contribution is 6.30. The molecule has 0 unspecified atom stereocenters. The van der Waals surface area contributed by atoms with E-state index >= 15 is 0 Å². The molecule has 0 bridgehead atoms. The number of phenols is 1. The van der Waals surface area contributed by atoms with Crippen molar-refractivity contribution in [3.8, 4) is 11.5 Å². The third-order valence-corrected chi connectivity index (χ3v) is 3.14. The highest BCUT2D eigenvalue weighted by atomic mass is 35.5. The van der Waals surface area contributed by atoms with Gasteiger partial charge >= 0.3 is 0 Å². The molecule has 0 heterocycles. The van der Waals surface area contributed by atoms with Crippen molar-refractivity contribution in [2.75, 3.05) is 7.11 Å². The Morgan fingerprint density at radius 2 is 1.91 bits per heavy atom. The lowest BCUT2D eigenvalue weighted by Crippen LogP contribution is -2.14. The van der Waals surface area contributed by atoms with Crippen molar-refractivity contribution in [1.82, 2.24) is 5.43 Å². The lowest BCUT2D eigenvalue weighted by atomic mass is 10.2. The summed E-state index contributed by atoms with van der Waals surface area (Å²) in [6.45, 7) is 0. The fourth-order valence-corrected chi connectivity index (χ4v) is 1.85. The molecule has 0 saturated carbocycles. The second-order valence-corrected chi connectivity index (χ2v) is 4.99. The van der Waals surface area contributed by atoms with E-state index in [2.05, 4.69) is 10.5 Å². The maximum Gasteiger partial charge on any atom is 0.264 e. The van der Waals surface area contributed by atoms with E-state index in [0.717, 1.165) is 5.56 Å². The second kappa shape index (κ2) is 8.00. The molecule has 0 radical (unpaired) electrons. The lowest BCUT2D eigenvalue weighted by molar-refractivity contribution is -0.116. The number of amides is 1. The van der Waals surface area contributed by atoms with Crippen LogP contribution in [0.15, 0.2) is 53.6 Å². The number of nitrogens with zero attached hydrogens (tertiary/aromatic N) is 1. The molecule has 2 aromatic rings. The number of halogens is 1. The van der Waals surface area contributed by atoms with Gasteiger partial charge in [0.25, 0.3) is 5.91 Å². The molecule has 2 N–H and O–H groups in total. The highest BCUT2D eigenvalue weighted by Gasteiger charge is 2.00. The quantitative estimate of drug-likeness (QED) is 0.502. The lowest BCUT2D eigenvalue weighted by Gasteiger charge is -2.03. The minimum atomic E-state index is -0.359. The number of nitrogens with one attached hydrogen (secondary N) is 1. The smallest absolute Gasteiger partial charge is 0.264 e. The molecule has 23 heavy (non-hydrogen) atoms. The van der Waals surface area contributed by atoms with Crippen molar-refractivity contribution >= 4 is 29.8 Å². The summed E-state index contributed by atoms with van der Waals surface area (Å²) in [5.41, 5.74) is 3.92. The van der Waals surface area contributed by atoms with Gasteiger partial charge < -0.3 is 9.84 Å². The van der Waals surface area contributed by atoms with Crippen molar-refractivity contribution in [2.24, 2.45) is 5.10 Å². The number of hydrogen-bond donors (Lipinski definition) is 2. The van der Waals surface area contributed by atoms with Gasteiger partial charge in [-0.2, -0.15) is 5.10 Å². The van der Waals surface area contributed by atoms with Crippen molar-refractivity contribution in [3.63, 3.8) is 0 Å². The first-order valence-corrected chi connectivity index (χ1v) is 7.10. The van der Waals surface area contributed by atoms with Crippen LogP contribution in [0.1, 0.15) is 11.1 Å². The molecule has 0 atom stereocenters. The van der Waals surface area contributed by atoms with Crippen LogP contribution in [0.25, 0.3) is 6.08 Å². The minimum Gasteiger partial charge on any atom is -0.504 e. The first-order valence-electron chi connectivity index (χ1n) is 6.72. The summed E-state index contributed by atoms with van der Waals surface area (Å²) in [6, 6.07) is 11.8. The monoisotopic (exact) mass is 330 g/mol. The molecule has 2 aromatic carbocycles. The number of carbonyl (C=O) groups is 1. The Kier molecular flexibility index (Phi) is 5.77. The first-order chi connectivity index (χ1) is 11.1. The van der Waals surface area contributed by atoms with Gasteiger partial charge in [0.1, 0.15) is 0 Å². The molecule has 0 saturated heterocycles. The van der Waals surface area contributed by atoms with Crippen LogP contribution in [0.3, 0.4) is 0 Å². The standard InChI is InChI=1S/C17H15ClN2O3/c1-23-16-10-13(4-8-15(16)21)11-19-20-17(22)9-5-12-2-6-14(18)7-3-12/h2-11,21H,1H3,(H,20,22)/b9-5+,19-11+. The van der Waals surface area contributed by atoms with E-state index in [4.69, 9.17) is 16.3 Å². The zero-order valence-electron chi connectivity index (χ0n) is 12.4. The largest absolute Gasteiger partial charge is 0.504 e. The Balaban J connectivity index is 1.92. The molecule has 0 aliphatic heterocycles. The Labute approximate surface area is 138 Å². The van der Waals surface area contributed by atoms with Gasteiger partial charge in [0.15, 0.2) is 11.5 Å². The van der Waals surface area contributed by atoms with Crippen LogP contribution in [-0.4, -0.2) is 24.3 Å². The molecule has 0 aliphatic carbocycles. The topological polar surface area (TPSA) is 70.9 Å². The Morgan fingerprint density at radius 1 is 1.22 bits per heavy atom. The van der Waals surface area contributed by atoms with E-state index in [1.807, 2.05) is 0 Å². The molecule has 118 valence electrons. The second-order valence-electron chi connectivity index (χ2n) is 4.55. The van der Waals surface area contributed by atoms with Gasteiger partial charge in [0.2, 0.25) is 0 Å². The Hall–Kier alpha value is -2.79. The van der Waals surface area contributed by atoms with E-state index < -0.39 is 0 Å². The molecule has 2 rings (SSSR count). The number of ether oxygens (including phenoxy) is 1. The predicted octanol–water partition coefficient (Wildman–Crippen LogP) is 3.22. The van der Waals surface area contributed by atoms with Gasteiger partial charge in [-0.05, 0) is 47.5 Å². The van der Waals surface area contributed by atoms with Crippen molar-refractivity contribution in [3.05, 3.63) is 64.7 Å². The molecule has 0 aliphatic rings.